The van der Waals surface area contributed by atoms with E-state index in [0.29, 0.717) is 18.3 Å². The number of carboxylic acids is 2. The normalized spacial score (nSPS) is 12.9. The number of aliphatic carboxylic acids is 2. The molecule has 8 N–H and O–H groups in total. The number of epoxide rings is 1. The first kappa shape index (κ1) is 105. The summed E-state index contributed by atoms with van der Waals surface area (Å²) in [6.07, 6.45) is -6.39. The molecule has 0 aromatic carbocycles. The second kappa shape index (κ2) is 64.0. The van der Waals surface area contributed by atoms with E-state index in [9.17, 15) is 103 Å². The summed E-state index contributed by atoms with van der Waals surface area (Å²) in [5.74, 6) is -10.3. The van der Waals surface area contributed by atoms with Gasteiger partial charge in [0.05, 0.1) is 148 Å². The molecule has 1 fully saturated rings. The van der Waals surface area contributed by atoms with Crippen molar-refractivity contribution >= 4 is 89.5 Å². The molecule has 1 saturated heterocycles. The minimum atomic E-state index is -1.08. The largest absolute Gasteiger partial charge is 0.481 e. The van der Waals surface area contributed by atoms with Gasteiger partial charge in [-0.15, -0.1) is 0 Å². The van der Waals surface area contributed by atoms with Crippen LogP contribution in [0.25, 0.3) is 0 Å². The lowest BCUT2D eigenvalue weighted by molar-refractivity contribution is -0.159. The molecule has 7 unspecified atom stereocenters. The van der Waals surface area contributed by atoms with Gasteiger partial charge in [0.25, 0.3) is 0 Å². The maximum absolute atomic E-state index is 11.8. The van der Waals surface area contributed by atoms with E-state index in [2.05, 4.69) is 46.1 Å². The molecule has 1 aliphatic rings. The average Bonchev–Trinajstić information content (AvgIpc) is 1.77. The van der Waals surface area contributed by atoms with E-state index in [1.165, 1.54) is 41.5 Å². The van der Waals surface area contributed by atoms with Crippen LogP contribution in [0.15, 0.2) is 85.1 Å². The first-order valence-corrected chi connectivity index (χ1v) is 33.8. The number of hydrogen-bond donors (Lipinski definition) is 8. The van der Waals surface area contributed by atoms with Gasteiger partial charge in [0, 0.05) is 84.0 Å². The summed E-state index contributed by atoms with van der Waals surface area (Å²) in [6.45, 7) is 33.1. The Morgan fingerprint density at radius 2 is 0.505 bits per heavy atom. The van der Waals surface area contributed by atoms with E-state index in [-0.39, 0.29) is 189 Å². The Morgan fingerprint density at radius 3 is 0.688 bits per heavy atom. The third-order valence-electron chi connectivity index (χ3n) is 12.6. The topological polar surface area (TPSA) is 550 Å². The van der Waals surface area contributed by atoms with E-state index in [4.69, 9.17) is 76.5 Å². The van der Waals surface area contributed by atoms with Gasteiger partial charge >= 0.3 is 89.5 Å². The zero-order valence-corrected chi connectivity index (χ0v) is 62.9. The van der Waals surface area contributed by atoms with Crippen molar-refractivity contribution in [2.45, 2.75) is 188 Å². The number of ether oxygens (including phenoxy) is 14. The Hall–Kier alpha value is -10.1. The Morgan fingerprint density at radius 1 is 0.312 bits per heavy atom. The molecule has 1 rings (SSSR count). The van der Waals surface area contributed by atoms with Crippen LogP contribution in [0.5, 0.6) is 0 Å². The number of esters is 13. The van der Waals surface area contributed by atoms with Crippen molar-refractivity contribution < 1.29 is 179 Å². The number of carbonyl (C=O) groups excluding carboxylic acids is 13. The molecule has 0 aliphatic carbocycles. The number of carbonyl (C=O) groups is 15. The third-order valence-corrected chi connectivity index (χ3v) is 12.6. The summed E-state index contributed by atoms with van der Waals surface area (Å²) in [5.41, 5.74) is 1.83. The van der Waals surface area contributed by atoms with Crippen molar-refractivity contribution in [3.05, 3.63) is 85.1 Å². The Balaban J connectivity index is -0.000000673. The molecule has 109 heavy (non-hydrogen) atoms. The maximum atomic E-state index is 11.8. The molecule has 0 amide bonds. The van der Waals surface area contributed by atoms with Crippen LogP contribution in [0.1, 0.15) is 145 Å². The quantitative estimate of drug-likeness (QED) is 0.0188. The van der Waals surface area contributed by atoms with E-state index in [1.54, 1.807) is 6.92 Å². The number of rotatable bonds is 52. The molecule has 1 heterocycles. The van der Waals surface area contributed by atoms with Crippen LogP contribution in [-0.2, 0) is 138 Å². The summed E-state index contributed by atoms with van der Waals surface area (Å²) in [7, 11) is 0. The molecule has 37 nitrogen and oxygen atoms in total. The monoisotopic (exact) mass is 1560 g/mol. The molecule has 0 aromatic heterocycles. The van der Waals surface area contributed by atoms with Crippen LogP contribution < -0.4 is 0 Å². The Labute approximate surface area is 631 Å². The summed E-state index contributed by atoms with van der Waals surface area (Å²) < 4.78 is 68.2. The first-order valence-electron chi connectivity index (χ1n) is 33.8. The fraction of sp³-hybridized carbons (Fsp3) is 0.597. The van der Waals surface area contributed by atoms with Gasteiger partial charge in [-0.3, -0.25) is 38.4 Å². The second-order valence-corrected chi connectivity index (χ2v) is 23.6. The van der Waals surface area contributed by atoms with Crippen molar-refractivity contribution in [2.24, 2.45) is 0 Å². The Kier molecular flexibility index (Phi) is 61.8. The van der Waals surface area contributed by atoms with Crippen molar-refractivity contribution in [3.8, 4) is 0 Å². The highest BCUT2D eigenvalue weighted by atomic mass is 16.6. The first-order chi connectivity index (χ1) is 51.0. The van der Waals surface area contributed by atoms with E-state index in [0.717, 1.165) is 13.0 Å². The molecule has 0 aromatic rings. The third kappa shape index (κ3) is 67.1. The zero-order valence-electron chi connectivity index (χ0n) is 62.9. The highest BCUT2D eigenvalue weighted by Gasteiger charge is 2.24. The standard InChI is InChI=1S/3C20H30O10.C8H12O3.C4H6O4/c1-13(2)19(25)27-9-7-15(22)12-29-17(23)5-6-18(24)30-16(11-21)8-10-28-20(26)14(3)4;1-13(2)19(25)27-9-7-15(21)11-29-17(23)5-6-18(24)30-12-16(22)8-10-28-20(26)14(3)4;1-13(2)19(25)27-9-7-15(11-21)29-17(23)5-6-18(24)30-16(12-22)8-10-28-20(26)14(3)4;1-6(2)8(9)10-4-3-7-5-11-7;5-3(6)1-2-4(7)8/h3*15-16,21-22H,1,3,5-12H2,2,4H3;7H,1,3-5H2,2H3;1-2H2,(H,5,6)(H,7,8). The van der Waals surface area contributed by atoms with Gasteiger partial charge in [0.1, 0.15) is 38.1 Å². The summed E-state index contributed by atoms with van der Waals surface area (Å²) in [6, 6.07) is 0. The molecule has 618 valence electrons. The average molecular weight is 1570 g/mol. The van der Waals surface area contributed by atoms with Crippen LogP contribution in [0.4, 0.5) is 0 Å². The van der Waals surface area contributed by atoms with Crippen LogP contribution in [0, 0.1) is 0 Å². The SMILES string of the molecule is C=C(C)C(=O)OCCC(CO)OC(=O)CCC(=O)OC(CO)CCOC(=O)C(=C)C.C=C(C)C(=O)OCCC(O)COC(=O)CCC(=O)OC(CO)CCOC(=O)C(=C)C.C=C(C)C(=O)OCCC(O)COC(=O)CCC(=O)OCC(O)CCOC(=O)C(=C)C.C=C(C)C(=O)OCCC1CO1.O=C(O)CCC(=O)O. The lowest BCUT2D eigenvalue weighted by Crippen LogP contribution is -2.26. The lowest BCUT2D eigenvalue weighted by atomic mass is 10.2. The van der Waals surface area contributed by atoms with Crippen molar-refractivity contribution in [1.29, 1.82) is 0 Å². The summed E-state index contributed by atoms with van der Waals surface area (Å²) >= 11 is 0. The minimum Gasteiger partial charge on any atom is -0.481 e. The minimum absolute atomic E-state index is 0.0501. The molecule has 0 saturated carbocycles. The number of hydrogen-bond acceptors (Lipinski definition) is 35. The highest BCUT2D eigenvalue weighted by Crippen LogP contribution is 2.14. The van der Waals surface area contributed by atoms with Crippen LogP contribution in [0.2, 0.25) is 0 Å². The molecule has 0 bridgehead atoms. The number of aliphatic hydroxyl groups excluding tert-OH is 6. The van der Waals surface area contributed by atoms with Crippen molar-refractivity contribution in [1.82, 2.24) is 0 Å². The molecular weight excluding hydrogens is 1460 g/mol. The lowest BCUT2D eigenvalue weighted by Gasteiger charge is -2.17. The number of carboxylic acid groups (broad SMARTS) is 2. The van der Waals surface area contributed by atoms with Gasteiger partial charge in [-0.1, -0.05) is 46.1 Å². The van der Waals surface area contributed by atoms with Gasteiger partial charge in [0.15, 0.2) is 0 Å². The molecule has 0 radical (unpaired) electrons. The summed E-state index contributed by atoms with van der Waals surface area (Å²) in [4.78, 5) is 168. The van der Waals surface area contributed by atoms with Gasteiger partial charge < -0.3 is 107 Å². The van der Waals surface area contributed by atoms with Crippen LogP contribution in [0.3, 0.4) is 0 Å². The van der Waals surface area contributed by atoms with E-state index < -0.39 is 140 Å². The molecular formula is C72H108O37. The fourth-order valence-corrected chi connectivity index (χ4v) is 6.25. The predicted octanol–water partition coefficient (Wildman–Crippen LogP) is 2.61. The number of aliphatic hydroxyl groups is 6. The fourth-order valence-electron chi connectivity index (χ4n) is 6.25. The molecule has 7 atom stereocenters. The van der Waals surface area contributed by atoms with Crippen molar-refractivity contribution in [3.63, 3.8) is 0 Å². The molecule has 0 spiro atoms. The van der Waals surface area contributed by atoms with Gasteiger partial charge in [-0.05, 0) is 48.5 Å². The smallest absolute Gasteiger partial charge is 0.333 e. The van der Waals surface area contributed by atoms with E-state index in [1.807, 2.05) is 0 Å². The highest BCUT2D eigenvalue weighted by molar-refractivity contribution is 5.89. The van der Waals surface area contributed by atoms with Crippen LogP contribution >= 0.6 is 0 Å². The van der Waals surface area contributed by atoms with Gasteiger partial charge in [-0.25, -0.2) is 33.6 Å². The zero-order chi connectivity index (χ0) is 84.1. The molecule has 1 aliphatic heterocycles. The van der Waals surface area contributed by atoms with Gasteiger partial charge in [0.2, 0.25) is 0 Å². The molecule has 37 heteroatoms. The maximum Gasteiger partial charge on any atom is 0.333 e. The van der Waals surface area contributed by atoms with E-state index >= 15 is 0 Å². The second-order valence-electron chi connectivity index (χ2n) is 23.6. The predicted molar refractivity (Wildman–Crippen MR) is 376 cm³/mol. The van der Waals surface area contributed by atoms with Gasteiger partial charge in [-0.2, -0.15) is 0 Å². The van der Waals surface area contributed by atoms with Crippen molar-refractivity contribution in [2.75, 3.05) is 92.5 Å². The Bertz CT molecular complexity index is 2870. The van der Waals surface area contributed by atoms with Crippen LogP contribution in [-0.4, -0.2) is 266 Å². The summed E-state index contributed by atoms with van der Waals surface area (Å²) in [5, 5.41) is 72.5.